The number of nitrogens with one attached hydrogen (secondary N) is 1. The van der Waals surface area contributed by atoms with Gasteiger partial charge in [0.15, 0.2) is 0 Å². The molecule has 0 aliphatic carbocycles. The van der Waals surface area contributed by atoms with Gasteiger partial charge in [0.05, 0.1) is 23.6 Å². The van der Waals surface area contributed by atoms with Crippen molar-refractivity contribution in [1.29, 1.82) is 0 Å². The second kappa shape index (κ2) is 9.33. The molecule has 1 amide bonds. The van der Waals surface area contributed by atoms with Gasteiger partial charge in [0.25, 0.3) is 5.91 Å². The van der Waals surface area contributed by atoms with E-state index in [1.807, 2.05) is 83.9 Å². The van der Waals surface area contributed by atoms with Gasteiger partial charge in [-0.1, -0.05) is 48.5 Å². The van der Waals surface area contributed by atoms with Crippen LogP contribution in [-0.2, 0) is 4.79 Å². The Morgan fingerprint density at radius 2 is 1.33 bits per heavy atom. The second-order valence-electron chi connectivity index (χ2n) is 7.29. The number of nitrogens with zero attached hydrogens (tertiary/aromatic N) is 3. The number of para-hydroxylation sites is 4. The van der Waals surface area contributed by atoms with Crippen molar-refractivity contribution < 1.29 is 9.90 Å². The number of phenolic OH excluding ortho intramolecular Hbond substituents is 1. The van der Waals surface area contributed by atoms with Crippen molar-refractivity contribution in [2.45, 2.75) is 0 Å². The van der Waals surface area contributed by atoms with E-state index in [0.29, 0.717) is 12.3 Å². The van der Waals surface area contributed by atoms with Crippen molar-refractivity contribution in [1.82, 2.24) is 10.3 Å². The minimum absolute atomic E-state index is 0.0567. The summed E-state index contributed by atoms with van der Waals surface area (Å²) >= 11 is 0. The Hall–Kier alpha value is -3.51. The molecule has 0 radical (unpaired) electrons. The molecule has 1 fully saturated rings. The fraction of sp³-hybridized carbons (Fsp3) is 0.208. The Labute approximate surface area is 176 Å². The number of hydrazine groups is 1. The van der Waals surface area contributed by atoms with E-state index >= 15 is 0 Å². The monoisotopic (exact) mass is 402 g/mol. The minimum Gasteiger partial charge on any atom is -0.506 e. The highest BCUT2D eigenvalue weighted by Crippen LogP contribution is 2.27. The average molecular weight is 402 g/mol. The fourth-order valence-corrected chi connectivity index (χ4v) is 3.67. The number of piperazine rings is 1. The molecule has 1 heterocycles. The second-order valence-corrected chi connectivity index (χ2v) is 7.29. The molecule has 4 rings (SSSR count). The maximum Gasteiger partial charge on any atom is 0.252 e. The maximum absolute atomic E-state index is 12.8. The molecular weight excluding hydrogens is 376 g/mol. The lowest BCUT2D eigenvalue weighted by Crippen LogP contribution is -2.51. The fourth-order valence-electron chi connectivity index (χ4n) is 3.67. The number of hydrogen-bond acceptors (Lipinski definition) is 5. The molecular formula is C24H26N4O2. The number of benzene rings is 3. The van der Waals surface area contributed by atoms with E-state index in [1.165, 1.54) is 0 Å². The zero-order chi connectivity index (χ0) is 20.8. The summed E-state index contributed by atoms with van der Waals surface area (Å²) in [6, 6.07) is 27.0. The highest BCUT2D eigenvalue weighted by atomic mass is 16.3. The van der Waals surface area contributed by atoms with Gasteiger partial charge in [-0.15, -0.1) is 0 Å². The van der Waals surface area contributed by atoms with E-state index in [9.17, 15) is 9.90 Å². The van der Waals surface area contributed by atoms with Crippen molar-refractivity contribution in [3.05, 3.63) is 84.9 Å². The third-order valence-electron chi connectivity index (χ3n) is 5.23. The summed E-state index contributed by atoms with van der Waals surface area (Å²) in [6.45, 7) is 3.39. The summed E-state index contributed by atoms with van der Waals surface area (Å²) < 4.78 is 0. The molecule has 0 bridgehead atoms. The van der Waals surface area contributed by atoms with Crippen molar-refractivity contribution in [2.24, 2.45) is 0 Å². The van der Waals surface area contributed by atoms with Crippen LogP contribution in [0.4, 0.5) is 17.1 Å². The molecule has 1 aliphatic rings. The summed E-state index contributed by atoms with van der Waals surface area (Å²) in [4.78, 5) is 17.1. The highest BCUT2D eigenvalue weighted by molar-refractivity contribution is 5.82. The van der Waals surface area contributed by atoms with E-state index in [-0.39, 0.29) is 5.91 Å². The Bertz CT molecular complexity index is 918. The summed E-state index contributed by atoms with van der Waals surface area (Å²) in [5.41, 5.74) is 5.70. The standard InChI is InChI=1S/C24H26N4O2/c29-23-14-8-7-13-22(23)27-17-15-26(16-18-27)19-24(30)25-28(20-9-3-1-4-10-20)21-11-5-2-6-12-21/h1-14,29H,15-19H2,(H,25,30). The van der Waals surface area contributed by atoms with Crippen LogP contribution in [0.2, 0.25) is 0 Å². The third-order valence-corrected chi connectivity index (χ3v) is 5.23. The molecule has 0 atom stereocenters. The summed E-state index contributed by atoms with van der Waals surface area (Å²) in [5.74, 6) is 0.240. The number of anilines is 3. The minimum atomic E-state index is -0.0567. The number of hydrogen-bond donors (Lipinski definition) is 2. The summed E-state index contributed by atoms with van der Waals surface area (Å²) in [5, 5.41) is 11.9. The molecule has 2 N–H and O–H groups in total. The normalized spacial score (nSPS) is 14.3. The number of carbonyl (C=O) groups excluding carboxylic acids is 1. The molecule has 154 valence electrons. The quantitative estimate of drug-likeness (QED) is 0.619. The van der Waals surface area contributed by atoms with E-state index < -0.39 is 0 Å². The lowest BCUT2D eigenvalue weighted by atomic mass is 10.2. The molecule has 1 aliphatic heterocycles. The van der Waals surface area contributed by atoms with E-state index in [2.05, 4.69) is 15.2 Å². The number of amides is 1. The molecule has 6 heteroatoms. The van der Waals surface area contributed by atoms with Crippen LogP contribution >= 0.6 is 0 Å². The zero-order valence-corrected chi connectivity index (χ0v) is 16.8. The average Bonchev–Trinajstić information content (AvgIpc) is 2.80. The van der Waals surface area contributed by atoms with Gasteiger partial charge in [0, 0.05) is 26.2 Å². The van der Waals surface area contributed by atoms with E-state index in [0.717, 1.165) is 43.2 Å². The largest absolute Gasteiger partial charge is 0.506 e. The van der Waals surface area contributed by atoms with Crippen LogP contribution in [0.25, 0.3) is 0 Å². The molecule has 0 spiro atoms. The van der Waals surface area contributed by atoms with Crippen LogP contribution in [0.3, 0.4) is 0 Å². The van der Waals surface area contributed by atoms with Crippen molar-refractivity contribution in [3.8, 4) is 5.75 Å². The van der Waals surface area contributed by atoms with Gasteiger partial charge in [0.1, 0.15) is 5.75 Å². The van der Waals surface area contributed by atoms with E-state index in [4.69, 9.17) is 0 Å². The first-order chi connectivity index (χ1) is 14.7. The van der Waals surface area contributed by atoms with Gasteiger partial charge >= 0.3 is 0 Å². The smallest absolute Gasteiger partial charge is 0.252 e. The topological polar surface area (TPSA) is 59.1 Å². The lowest BCUT2D eigenvalue weighted by molar-refractivity contribution is -0.122. The Morgan fingerprint density at radius 3 is 1.90 bits per heavy atom. The number of phenols is 1. The maximum atomic E-state index is 12.8. The summed E-state index contributed by atoms with van der Waals surface area (Å²) in [6.07, 6.45) is 0. The van der Waals surface area contributed by atoms with Gasteiger partial charge in [-0.05, 0) is 36.4 Å². The summed E-state index contributed by atoms with van der Waals surface area (Å²) in [7, 11) is 0. The molecule has 1 saturated heterocycles. The predicted octanol–water partition coefficient (Wildman–Crippen LogP) is 3.38. The van der Waals surface area contributed by atoms with Crippen molar-refractivity contribution >= 4 is 23.0 Å². The van der Waals surface area contributed by atoms with E-state index in [1.54, 1.807) is 6.07 Å². The molecule has 3 aromatic carbocycles. The van der Waals surface area contributed by atoms with Crippen LogP contribution in [-0.4, -0.2) is 48.6 Å². The Kier molecular flexibility index (Phi) is 6.15. The van der Waals surface area contributed by atoms with Gasteiger partial charge < -0.3 is 10.0 Å². The molecule has 6 nitrogen and oxygen atoms in total. The molecule has 0 saturated carbocycles. The molecule has 0 unspecified atom stereocenters. The number of rotatable bonds is 6. The first-order valence-electron chi connectivity index (χ1n) is 10.2. The van der Waals surface area contributed by atoms with Gasteiger partial charge in [-0.25, -0.2) is 0 Å². The SMILES string of the molecule is O=C(CN1CCN(c2ccccc2O)CC1)NN(c1ccccc1)c1ccccc1. The van der Waals surface area contributed by atoms with Crippen LogP contribution < -0.4 is 15.3 Å². The first-order valence-corrected chi connectivity index (χ1v) is 10.2. The van der Waals surface area contributed by atoms with Crippen molar-refractivity contribution in [3.63, 3.8) is 0 Å². The Balaban J connectivity index is 1.37. The molecule has 30 heavy (non-hydrogen) atoms. The molecule has 3 aromatic rings. The van der Waals surface area contributed by atoms with Crippen LogP contribution in [0.5, 0.6) is 5.75 Å². The molecule has 0 aromatic heterocycles. The van der Waals surface area contributed by atoms with Gasteiger partial charge in [-0.3, -0.25) is 20.1 Å². The predicted molar refractivity (Wildman–Crippen MR) is 120 cm³/mol. The first kappa shape index (κ1) is 19.8. The third kappa shape index (κ3) is 4.72. The Morgan fingerprint density at radius 1 is 0.800 bits per heavy atom. The van der Waals surface area contributed by atoms with Crippen molar-refractivity contribution in [2.75, 3.05) is 42.6 Å². The lowest BCUT2D eigenvalue weighted by Gasteiger charge is -2.36. The highest BCUT2D eigenvalue weighted by Gasteiger charge is 2.22. The van der Waals surface area contributed by atoms with Crippen LogP contribution in [0.15, 0.2) is 84.9 Å². The number of carbonyl (C=O) groups is 1. The number of aromatic hydroxyl groups is 1. The zero-order valence-electron chi connectivity index (χ0n) is 16.8. The van der Waals surface area contributed by atoms with Gasteiger partial charge in [-0.2, -0.15) is 0 Å². The van der Waals surface area contributed by atoms with Gasteiger partial charge in [0.2, 0.25) is 0 Å². The van der Waals surface area contributed by atoms with Crippen LogP contribution in [0, 0.1) is 0 Å². The van der Waals surface area contributed by atoms with Crippen LogP contribution in [0.1, 0.15) is 0 Å².